The number of rotatable bonds is 3. The second-order valence-electron chi connectivity index (χ2n) is 7.21. The van der Waals surface area contributed by atoms with E-state index in [0.29, 0.717) is 0 Å². The SMILES string of the molecule is Brc1cc(-c2ccc(NC3=NCCCC3)c(Br)c2)ccc1NC1=NCCCC1. The van der Waals surface area contributed by atoms with Crippen molar-refractivity contribution in [2.45, 2.75) is 38.5 Å². The Balaban J connectivity index is 1.50. The van der Waals surface area contributed by atoms with Crippen LogP contribution >= 0.6 is 31.9 Å². The summed E-state index contributed by atoms with van der Waals surface area (Å²) in [5, 5.41) is 6.93. The topological polar surface area (TPSA) is 48.8 Å². The van der Waals surface area contributed by atoms with Gasteiger partial charge in [0.05, 0.1) is 11.4 Å². The highest BCUT2D eigenvalue weighted by Crippen LogP contribution is 2.33. The third kappa shape index (κ3) is 4.84. The third-order valence-corrected chi connectivity index (χ3v) is 6.39. The fourth-order valence-corrected chi connectivity index (χ4v) is 4.46. The summed E-state index contributed by atoms with van der Waals surface area (Å²) in [5.41, 5.74) is 4.48. The zero-order valence-corrected chi connectivity index (χ0v) is 18.9. The number of nitrogens with zero attached hydrogens (tertiary/aromatic N) is 2. The number of aliphatic imine (C=N–C) groups is 2. The second kappa shape index (κ2) is 9.23. The maximum absolute atomic E-state index is 4.58. The Morgan fingerprint density at radius 3 is 1.46 bits per heavy atom. The van der Waals surface area contributed by atoms with Crippen molar-refractivity contribution in [2.75, 3.05) is 23.7 Å². The van der Waals surface area contributed by atoms with E-state index in [1.807, 2.05) is 0 Å². The van der Waals surface area contributed by atoms with Gasteiger partial charge in [-0.2, -0.15) is 0 Å². The molecule has 2 aromatic rings. The summed E-state index contributed by atoms with van der Waals surface area (Å²) in [7, 11) is 0. The molecule has 0 atom stereocenters. The molecule has 2 N–H and O–H groups in total. The van der Waals surface area contributed by atoms with Gasteiger partial charge in [-0.1, -0.05) is 12.1 Å². The Morgan fingerprint density at radius 1 is 0.643 bits per heavy atom. The molecule has 2 heterocycles. The number of anilines is 2. The summed E-state index contributed by atoms with van der Waals surface area (Å²) in [4.78, 5) is 9.16. The van der Waals surface area contributed by atoms with Gasteiger partial charge in [-0.25, -0.2) is 0 Å². The molecule has 0 amide bonds. The molecule has 0 saturated heterocycles. The lowest BCUT2D eigenvalue weighted by atomic mass is 10.0. The molecule has 6 heteroatoms. The van der Waals surface area contributed by atoms with Crippen molar-refractivity contribution in [2.24, 2.45) is 9.98 Å². The van der Waals surface area contributed by atoms with E-state index in [2.05, 4.69) is 88.9 Å². The van der Waals surface area contributed by atoms with Gasteiger partial charge in [0.2, 0.25) is 0 Å². The molecular weight excluding hydrogens is 480 g/mol. The van der Waals surface area contributed by atoms with Crippen LogP contribution < -0.4 is 10.6 Å². The fraction of sp³-hybridized carbons (Fsp3) is 0.364. The van der Waals surface area contributed by atoms with Gasteiger partial charge in [0.25, 0.3) is 0 Å². The zero-order chi connectivity index (χ0) is 19.3. The van der Waals surface area contributed by atoms with Crippen LogP contribution in [0.15, 0.2) is 55.3 Å². The molecule has 2 aromatic carbocycles. The molecule has 146 valence electrons. The molecule has 0 spiro atoms. The highest BCUT2D eigenvalue weighted by atomic mass is 79.9. The minimum Gasteiger partial charge on any atom is -0.343 e. The molecule has 0 aliphatic carbocycles. The molecule has 0 saturated carbocycles. The van der Waals surface area contributed by atoms with E-state index in [0.717, 1.165) is 57.9 Å². The molecule has 0 aromatic heterocycles. The summed E-state index contributed by atoms with van der Waals surface area (Å²) >= 11 is 7.43. The van der Waals surface area contributed by atoms with Crippen LogP contribution in [0.4, 0.5) is 11.4 Å². The largest absolute Gasteiger partial charge is 0.343 e. The summed E-state index contributed by atoms with van der Waals surface area (Å²) < 4.78 is 2.10. The first-order valence-electron chi connectivity index (χ1n) is 9.89. The van der Waals surface area contributed by atoms with E-state index in [9.17, 15) is 0 Å². The predicted octanol–water partition coefficient (Wildman–Crippen LogP) is 6.87. The number of benzene rings is 2. The first-order valence-corrected chi connectivity index (χ1v) is 11.5. The molecule has 0 radical (unpaired) electrons. The molecule has 4 rings (SSSR count). The van der Waals surface area contributed by atoms with Gasteiger partial charge in [-0.05, 0) is 92.9 Å². The van der Waals surface area contributed by atoms with Crippen LogP contribution in [0.5, 0.6) is 0 Å². The van der Waals surface area contributed by atoms with Crippen molar-refractivity contribution < 1.29 is 0 Å². The lowest BCUT2D eigenvalue weighted by Crippen LogP contribution is -2.16. The first kappa shape index (κ1) is 19.6. The van der Waals surface area contributed by atoms with Crippen LogP contribution in [0.1, 0.15) is 38.5 Å². The molecule has 4 nitrogen and oxygen atoms in total. The van der Waals surface area contributed by atoms with Crippen LogP contribution in [0.2, 0.25) is 0 Å². The highest BCUT2D eigenvalue weighted by Gasteiger charge is 2.11. The van der Waals surface area contributed by atoms with Crippen LogP contribution in [0.25, 0.3) is 11.1 Å². The van der Waals surface area contributed by atoms with E-state index in [1.165, 1.54) is 36.8 Å². The maximum Gasteiger partial charge on any atom is 0.101 e. The number of halogens is 2. The van der Waals surface area contributed by atoms with Gasteiger partial charge in [0.1, 0.15) is 11.7 Å². The van der Waals surface area contributed by atoms with Crippen molar-refractivity contribution in [3.8, 4) is 11.1 Å². The Bertz CT molecular complexity index is 845. The van der Waals surface area contributed by atoms with E-state index in [-0.39, 0.29) is 0 Å². The zero-order valence-electron chi connectivity index (χ0n) is 15.8. The third-order valence-electron chi connectivity index (χ3n) is 5.08. The lowest BCUT2D eigenvalue weighted by molar-refractivity contribution is 0.737. The van der Waals surface area contributed by atoms with Gasteiger partial charge < -0.3 is 10.6 Å². The van der Waals surface area contributed by atoms with Crippen LogP contribution in [0.3, 0.4) is 0 Å². The number of nitrogens with one attached hydrogen (secondary N) is 2. The summed E-state index contributed by atoms with van der Waals surface area (Å²) in [6, 6.07) is 12.9. The van der Waals surface area contributed by atoms with Gasteiger partial charge in [0, 0.05) is 34.9 Å². The van der Waals surface area contributed by atoms with Gasteiger partial charge in [-0.15, -0.1) is 0 Å². The Kier molecular flexibility index (Phi) is 6.47. The van der Waals surface area contributed by atoms with E-state index in [4.69, 9.17) is 0 Å². The first-order chi connectivity index (χ1) is 13.7. The quantitative estimate of drug-likeness (QED) is 0.480. The fourth-order valence-electron chi connectivity index (χ4n) is 3.50. The monoisotopic (exact) mass is 502 g/mol. The van der Waals surface area contributed by atoms with Gasteiger partial charge in [0.15, 0.2) is 0 Å². The minimum atomic E-state index is 0.929. The Morgan fingerprint density at radius 2 is 1.11 bits per heavy atom. The van der Waals surface area contributed by atoms with Crippen molar-refractivity contribution in [1.82, 2.24) is 0 Å². The maximum atomic E-state index is 4.58. The van der Waals surface area contributed by atoms with E-state index >= 15 is 0 Å². The van der Waals surface area contributed by atoms with Crippen molar-refractivity contribution in [3.05, 3.63) is 45.3 Å². The number of hydrogen-bond donors (Lipinski definition) is 2. The molecule has 2 aliphatic heterocycles. The number of hydrogen-bond acceptors (Lipinski definition) is 4. The summed E-state index contributed by atoms with van der Waals surface area (Å²) in [6.45, 7) is 1.86. The molecule has 0 unspecified atom stereocenters. The van der Waals surface area contributed by atoms with E-state index in [1.54, 1.807) is 0 Å². The molecule has 2 aliphatic rings. The Labute approximate surface area is 183 Å². The molecular formula is C22H24Br2N4. The lowest BCUT2D eigenvalue weighted by Gasteiger charge is -2.17. The minimum absolute atomic E-state index is 0.929. The smallest absolute Gasteiger partial charge is 0.101 e. The van der Waals surface area contributed by atoms with Crippen molar-refractivity contribution in [3.63, 3.8) is 0 Å². The molecule has 0 bridgehead atoms. The highest BCUT2D eigenvalue weighted by molar-refractivity contribution is 9.11. The van der Waals surface area contributed by atoms with Gasteiger partial charge >= 0.3 is 0 Å². The van der Waals surface area contributed by atoms with Crippen molar-refractivity contribution in [1.29, 1.82) is 0 Å². The summed E-state index contributed by atoms with van der Waals surface area (Å²) in [5.74, 6) is 2.17. The van der Waals surface area contributed by atoms with Crippen LogP contribution in [0, 0.1) is 0 Å². The van der Waals surface area contributed by atoms with Crippen LogP contribution in [-0.4, -0.2) is 24.8 Å². The van der Waals surface area contributed by atoms with Gasteiger partial charge in [-0.3, -0.25) is 9.98 Å². The number of amidine groups is 2. The van der Waals surface area contributed by atoms with E-state index < -0.39 is 0 Å². The van der Waals surface area contributed by atoms with Crippen LogP contribution in [-0.2, 0) is 0 Å². The second-order valence-corrected chi connectivity index (χ2v) is 8.92. The summed E-state index contributed by atoms with van der Waals surface area (Å²) in [6.07, 6.45) is 6.86. The molecule has 0 fully saturated rings. The average molecular weight is 504 g/mol. The predicted molar refractivity (Wildman–Crippen MR) is 127 cm³/mol. The van der Waals surface area contributed by atoms with Crippen molar-refractivity contribution >= 4 is 54.9 Å². The standard InChI is InChI=1S/C22H24Br2N4/c23-17-13-15(7-9-19(17)27-21-5-1-3-11-25-21)16-8-10-20(18(24)14-16)28-22-6-2-4-12-26-22/h7-10,13-14H,1-6,11-12H2,(H,25,27)(H,26,28). The Hall–Kier alpha value is -1.66. The normalized spacial score (nSPS) is 16.9. The molecule has 28 heavy (non-hydrogen) atoms. The average Bonchev–Trinajstić information content (AvgIpc) is 2.72.